The van der Waals surface area contributed by atoms with Crippen LogP contribution in [0.15, 0.2) is 34.7 Å². The van der Waals surface area contributed by atoms with Gasteiger partial charge in [0.25, 0.3) is 0 Å². The van der Waals surface area contributed by atoms with Crippen molar-refractivity contribution in [3.63, 3.8) is 0 Å². The largest absolute Gasteiger partial charge is 0.468 e. The summed E-state index contributed by atoms with van der Waals surface area (Å²) >= 11 is 1.57. The van der Waals surface area contributed by atoms with Gasteiger partial charge in [0.1, 0.15) is 12.0 Å². The quantitative estimate of drug-likeness (QED) is 0.381. The molecule has 6 nitrogen and oxygen atoms in total. The minimum atomic E-state index is -0.864. The van der Waals surface area contributed by atoms with Crippen LogP contribution in [0.1, 0.15) is 74.5 Å². The molecule has 1 aromatic heterocycles. The van der Waals surface area contributed by atoms with Gasteiger partial charge in [-0.1, -0.05) is 19.8 Å². The zero-order valence-electron chi connectivity index (χ0n) is 19.9. The fourth-order valence-corrected chi connectivity index (χ4v) is 6.42. The highest BCUT2D eigenvalue weighted by Gasteiger charge is 2.47. The lowest BCUT2D eigenvalue weighted by atomic mass is 9.70. The fourth-order valence-electron chi connectivity index (χ4n) is 5.42. The van der Waals surface area contributed by atoms with Crippen LogP contribution in [-0.4, -0.2) is 30.9 Å². The molecule has 33 heavy (non-hydrogen) atoms. The molecule has 0 amide bonds. The number of ketones is 1. The first-order valence-electron chi connectivity index (χ1n) is 11.9. The van der Waals surface area contributed by atoms with Gasteiger partial charge in [-0.3, -0.25) is 9.59 Å². The number of carbonyl (C=O) groups excluding carboxylic acids is 3. The summed E-state index contributed by atoms with van der Waals surface area (Å²) in [4.78, 5) is 41.8. The molecule has 1 aliphatic heterocycles. The summed E-state index contributed by atoms with van der Waals surface area (Å²) in [5.41, 5.74) is 2.50. The number of rotatable bonds is 4. The molecule has 1 N–H and O–H groups in total. The van der Waals surface area contributed by atoms with Gasteiger partial charge in [-0.2, -0.15) is 0 Å². The Labute approximate surface area is 199 Å². The molecular formula is C26H33NO5S. The van der Waals surface area contributed by atoms with E-state index in [0.29, 0.717) is 17.6 Å². The van der Waals surface area contributed by atoms with Gasteiger partial charge in [0.15, 0.2) is 5.78 Å². The molecule has 0 aromatic carbocycles. The smallest absolute Gasteiger partial charge is 0.337 e. The minimum Gasteiger partial charge on any atom is -0.468 e. The Morgan fingerprint density at radius 2 is 1.79 bits per heavy atom. The van der Waals surface area contributed by atoms with Gasteiger partial charge in [0, 0.05) is 26.7 Å². The number of thiophene rings is 1. The molecule has 4 rings (SSSR count). The number of hydrogen-bond donors (Lipinski definition) is 1. The topological polar surface area (TPSA) is 81.7 Å². The minimum absolute atomic E-state index is 0.0914. The van der Waals surface area contributed by atoms with E-state index in [2.05, 4.69) is 5.32 Å². The molecule has 1 saturated carbocycles. The molecule has 0 saturated heterocycles. The summed E-state index contributed by atoms with van der Waals surface area (Å²) in [6.07, 6.45) is 6.68. The maximum atomic E-state index is 13.7. The predicted octanol–water partition coefficient (Wildman–Crippen LogP) is 4.94. The van der Waals surface area contributed by atoms with Gasteiger partial charge in [-0.25, -0.2) is 4.79 Å². The van der Waals surface area contributed by atoms with Crippen molar-refractivity contribution in [2.45, 2.75) is 77.7 Å². The second-order valence-electron chi connectivity index (χ2n) is 9.50. The number of methoxy groups -OCH3 is 1. The zero-order valence-corrected chi connectivity index (χ0v) is 20.7. The highest BCUT2D eigenvalue weighted by molar-refractivity contribution is 7.12. The molecule has 0 bridgehead atoms. The third kappa shape index (κ3) is 4.65. The Bertz CT molecular complexity index is 1010. The van der Waals surface area contributed by atoms with E-state index in [9.17, 15) is 14.4 Å². The second-order valence-corrected chi connectivity index (χ2v) is 10.8. The molecular weight excluding hydrogens is 438 g/mol. The maximum absolute atomic E-state index is 13.7. The number of aryl methyl sites for hydroxylation is 1. The third-order valence-corrected chi connectivity index (χ3v) is 8.15. The molecule has 7 heteroatoms. The van der Waals surface area contributed by atoms with Crippen LogP contribution in [0, 0.1) is 18.8 Å². The molecule has 0 radical (unpaired) electrons. The highest BCUT2D eigenvalue weighted by atomic mass is 32.1. The van der Waals surface area contributed by atoms with Crippen LogP contribution < -0.4 is 5.32 Å². The molecule has 2 heterocycles. The first-order chi connectivity index (χ1) is 15.8. The van der Waals surface area contributed by atoms with E-state index in [1.54, 1.807) is 11.3 Å². The van der Waals surface area contributed by atoms with E-state index in [-0.39, 0.29) is 23.8 Å². The lowest BCUT2D eigenvalue weighted by molar-refractivity contribution is -0.151. The summed E-state index contributed by atoms with van der Waals surface area (Å²) in [5, 5.41) is 3.33. The molecule has 3 atom stereocenters. The van der Waals surface area contributed by atoms with Crippen molar-refractivity contribution in [1.29, 1.82) is 0 Å². The van der Waals surface area contributed by atoms with Gasteiger partial charge in [0.2, 0.25) is 0 Å². The number of nitrogens with one attached hydrogen (secondary N) is 1. The van der Waals surface area contributed by atoms with Crippen LogP contribution >= 0.6 is 11.3 Å². The lowest BCUT2D eigenvalue weighted by Gasteiger charge is -2.38. The first kappa shape index (κ1) is 23.7. The van der Waals surface area contributed by atoms with Crippen molar-refractivity contribution in [1.82, 2.24) is 5.32 Å². The van der Waals surface area contributed by atoms with Crippen molar-refractivity contribution in [2.24, 2.45) is 11.8 Å². The van der Waals surface area contributed by atoms with Gasteiger partial charge in [-0.15, -0.1) is 11.3 Å². The van der Waals surface area contributed by atoms with Gasteiger partial charge in [0.05, 0.1) is 18.6 Å². The summed E-state index contributed by atoms with van der Waals surface area (Å²) in [6.45, 7) is 5.78. The number of allylic oxidation sites excluding steroid dienone is 3. The maximum Gasteiger partial charge on any atom is 0.337 e. The summed E-state index contributed by atoms with van der Waals surface area (Å²) in [6, 6.07) is 3.98. The van der Waals surface area contributed by atoms with Crippen LogP contribution in [0.2, 0.25) is 0 Å². The Kier molecular flexibility index (Phi) is 7.07. The lowest BCUT2D eigenvalue weighted by Crippen LogP contribution is -2.43. The van der Waals surface area contributed by atoms with Gasteiger partial charge in [-0.05, 0) is 64.0 Å². The number of Topliss-reactive ketones (excluding diaryl/α,β-unsaturated/α-hetero) is 1. The molecule has 1 aromatic rings. The third-order valence-electron chi connectivity index (χ3n) is 7.08. The van der Waals surface area contributed by atoms with Crippen LogP contribution in [0.3, 0.4) is 0 Å². The van der Waals surface area contributed by atoms with Crippen LogP contribution in [0.25, 0.3) is 0 Å². The molecule has 1 fully saturated rings. The molecule has 3 aliphatic rings. The Morgan fingerprint density at radius 3 is 2.39 bits per heavy atom. The number of esters is 2. The number of dihydropyridines is 1. The van der Waals surface area contributed by atoms with E-state index < -0.39 is 17.8 Å². The molecule has 178 valence electrons. The van der Waals surface area contributed by atoms with Crippen molar-refractivity contribution >= 4 is 29.1 Å². The fraction of sp³-hybridized carbons (Fsp3) is 0.577. The summed E-state index contributed by atoms with van der Waals surface area (Å²) < 4.78 is 11.0. The SMILES string of the molecule is COC(=O)C1C(=O)C2=C(CC1C)NC(C)=C(C(=O)OC1CCCCCC1)C2c1ccc(C)s1. The van der Waals surface area contributed by atoms with Crippen molar-refractivity contribution in [3.05, 3.63) is 44.4 Å². The second kappa shape index (κ2) is 9.84. The molecule has 3 unspecified atom stereocenters. The highest BCUT2D eigenvalue weighted by Crippen LogP contribution is 2.47. The monoisotopic (exact) mass is 471 g/mol. The van der Waals surface area contributed by atoms with Gasteiger partial charge >= 0.3 is 11.9 Å². The number of carbonyl (C=O) groups is 3. The van der Waals surface area contributed by atoms with E-state index in [4.69, 9.17) is 9.47 Å². The van der Waals surface area contributed by atoms with E-state index in [1.165, 1.54) is 20.0 Å². The Hall–Kier alpha value is -2.41. The summed E-state index contributed by atoms with van der Waals surface area (Å²) in [5.74, 6) is -2.73. The number of ether oxygens (including phenoxy) is 2. The average molecular weight is 472 g/mol. The van der Waals surface area contributed by atoms with E-state index >= 15 is 0 Å². The number of hydrogen-bond acceptors (Lipinski definition) is 7. The van der Waals surface area contributed by atoms with Crippen LogP contribution in [0.4, 0.5) is 0 Å². The zero-order chi connectivity index (χ0) is 23.7. The molecule has 0 spiro atoms. The first-order valence-corrected chi connectivity index (χ1v) is 12.7. The predicted molar refractivity (Wildman–Crippen MR) is 127 cm³/mol. The Morgan fingerprint density at radius 1 is 1.09 bits per heavy atom. The standard InChI is InChI=1S/C26H33NO5S/c1-14-13-18-22(24(28)20(14)25(29)31-4)23(19-12-11-15(2)33-19)21(16(3)27-18)26(30)32-17-9-7-5-6-8-10-17/h11-12,14,17,20,23,27H,5-10,13H2,1-4H3. The average Bonchev–Trinajstić information content (AvgIpc) is 3.03. The molecule has 2 aliphatic carbocycles. The van der Waals surface area contributed by atoms with Crippen molar-refractivity contribution in [3.8, 4) is 0 Å². The normalized spacial score (nSPS) is 26.4. The van der Waals surface area contributed by atoms with Crippen molar-refractivity contribution in [2.75, 3.05) is 7.11 Å². The summed E-state index contributed by atoms with van der Waals surface area (Å²) in [7, 11) is 1.31. The van der Waals surface area contributed by atoms with Crippen LogP contribution in [-0.2, 0) is 23.9 Å². The van der Waals surface area contributed by atoms with Crippen LogP contribution in [0.5, 0.6) is 0 Å². The Balaban J connectivity index is 1.74. The van der Waals surface area contributed by atoms with Crippen molar-refractivity contribution < 1.29 is 23.9 Å². The van der Waals surface area contributed by atoms with Gasteiger partial charge < -0.3 is 14.8 Å². The van der Waals surface area contributed by atoms with E-state index in [1.807, 2.05) is 32.9 Å². The van der Waals surface area contributed by atoms with E-state index in [0.717, 1.165) is 46.8 Å².